The van der Waals surface area contributed by atoms with Crippen molar-refractivity contribution in [2.75, 3.05) is 18.0 Å². The molecule has 2 heterocycles. The molecule has 0 N–H and O–H groups in total. The Morgan fingerprint density at radius 3 is 2.64 bits per heavy atom. The molecule has 1 atom stereocenters. The number of hydrogen-bond donors (Lipinski definition) is 0. The molecule has 1 aromatic heterocycles. The zero-order chi connectivity index (χ0) is 18.0. The number of ether oxygens (including phenoxy) is 1. The monoisotopic (exact) mass is 370 g/mol. The fraction of sp³-hybridized carbons (Fsp3) is 0.294. The highest BCUT2D eigenvalue weighted by Gasteiger charge is 2.31. The van der Waals surface area contributed by atoms with Crippen molar-refractivity contribution in [3.05, 3.63) is 53.7 Å². The minimum atomic E-state index is -4.42. The number of para-hydroxylation sites is 1. The Kier molecular flexibility index (Phi) is 4.85. The molecule has 0 amide bonds. The molecule has 3 rings (SSSR count). The second-order valence-electron chi connectivity index (χ2n) is 5.65. The van der Waals surface area contributed by atoms with Crippen LogP contribution in [0.4, 0.5) is 18.9 Å². The maximum absolute atomic E-state index is 12.5. The number of pyridine rings is 1. The molecule has 0 bridgehead atoms. The van der Waals surface area contributed by atoms with Crippen molar-refractivity contribution in [2.24, 2.45) is 0 Å². The summed E-state index contributed by atoms with van der Waals surface area (Å²) in [5, 5.41) is -0.538. The lowest BCUT2D eigenvalue weighted by Crippen LogP contribution is -2.25. The fourth-order valence-corrected chi connectivity index (χ4v) is 2.91. The van der Waals surface area contributed by atoms with Crippen LogP contribution in [0.1, 0.15) is 22.3 Å². The number of nitrogens with zero attached hydrogens (tertiary/aromatic N) is 2. The molecule has 0 aliphatic carbocycles. The van der Waals surface area contributed by atoms with Crippen LogP contribution in [-0.2, 0) is 6.18 Å². The maximum Gasteiger partial charge on any atom is 0.417 e. The summed E-state index contributed by atoms with van der Waals surface area (Å²) >= 11 is 5.61. The molecular formula is C17H14ClF3N2O2. The van der Waals surface area contributed by atoms with Gasteiger partial charge in [-0.3, -0.25) is 4.79 Å². The van der Waals surface area contributed by atoms with Crippen LogP contribution in [0.2, 0.25) is 0 Å². The molecule has 8 heteroatoms. The second-order valence-corrected chi connectivity index (χ2v) is 5.99. The van der Waals surface area contributed by atoms with Gasteiger partial charge in [0, 0.05) is 30.9 Å². The van der Waals surface area contributed by atoms with Gasteiger partial charge in [-0.05, 0) is 29.8 Å². The van der Waals surface area contributed by atoms with Gasteiger partial charge in [0.05, 0.1) is 17.7 Å². The second kappa shape index (κ2) is 6.92. The standard InChI is InChI=1S/C17H14ClF3N2O2/c18-16(24)13-3-1-2-4-14(13)23-8-7-12(10-23)25-15-6-5-11(9-22-15)17(19,20)21/h1-6,9,12H,7-8,10H2/t12-/m0/s1. The molecule has 1 aliphatic heterocycles. The van der Waals surface area contributed by atoms with Gasteiger partial charge in [-0.2, -0.15) is 13.2 Å². The molecular weight excluding hydrogens is 357 g/mol. The number of rotatable bonds is 4. The van der Waals surface area contributed by atoms with E-state index in [1.165, 1.54) is 6.07 Å². The summed E-state index contributed by atoms with van der Waals surface area (Å²) in [5.74, 6) is 0.140. The number of carbonyl (C=O) groups excluding carboxylic acids is 1. The number of carbonyl (C=O) groups is 1. The molecule has 132 valence electrons. The Labute approximate surface area is 147 Å². The lowest BCUT2D eigenvalue weighted by molar-refractivity contribution is -0.137. The molecule has 1 aromatic carbocycles. The average Bonchev–Trinajstić information content (AvgIpc) is 3.03. The van der Waals surface area contributed by atoms with E-state index in [1.54, 1.807) is 18.2 Å². The van der Waals surface area contributed by atoms with Crippen molar-refractivity contribution in [1.29, 1.82) is 0 Å². The van der Waals surface area contributed by atoms with Crippen LogP contribution < -0.4 is 9.64 Å². The minimum Gasteiger partial charge on any atom is -0.472 e. The predicted octanol–water partition coefficient (Wildman–Crippen LogP) is 4.14. The third-order valence-corrected chi connectivity index (χ3v) is 4.16. The quantitative estimate of drug-likeness (QED) is 0.759. The number of alkyl halides is 3. The summed E-state index contributed by atoms with van der Waals surface area (Å²) in [7, 11) is 0. The highest BCUT2D eigenvalue weighted by Crippen LogP contribution is 2.30. The zero-order valence-corrected chi connectivity index (χ0v) is 13.7. The van der Waals surface area contributed by atoms with Crippen molar-refractivity contribution in [3.8, 4) is 5.88 Å². The normalized spacial score (nSPS) is 17.6. The largest absolute Gasteiger partial charge is 0.472 e. The van der Waals surface area contributed by atoms with E-state index in [0.717, 1.165) is 12.3 Å². The van der Waals surface area contributed by atoms with E-state index >= 15 is 0 Å². The summed E-state index contributed by atoms with van der Waals surface area (Å²) in [6, 6.07) is 9.14. The van der Waals surface area contributed by atoms with E-state index in [1.807, 2.05) is 11.0 Å². The molecule has 0 radical (unpaired) electrons. The van der Waals surface area contributed by atoms with Crippen LogP contribution in [0.5, 0.6) is 5.88 Å². The summed E-state index contributed by atoms with van der Waals surface area (Å²) in [6.07, 6.45) is -3.24. The Balaban J connectivity index is 1.67. The summed E-state index contributed by atoms with van der Waals surface area (Å²) in [4.78, 5) is 17.2. The Morgan fingerprint density at radius 2 is 2.00 bits per heavy atom. The summed E-state index contributed by atoms with van der Waals surface area (Å²) < 4.78 is 43.3. The number of benzene rings is 1. The van der Waals surface area contributed by atoms with Crippen molar-refractivity contribution >= 4 is 22.5 Å². The molecule has 1 saturated heterocycles. The SMILES string of the molecule is O=C(Cl)c1ccccc1N1CC[C@H](Oc2ccc(C(F)(F)F)cn2)C1. The van der Waals surface area contributed by atoms with E-state index < -0.39 is 17.0 Å². The van der Waals surface area contributed by atoms with Crippen molar-refractivity contribution < 1.29 is 22.7 Å². The highest BCUT2D eigenvalue weighted by atomic mass is 35.5. The van der Waals surface area contributed by atoms with Gasteiger partial charge in [-0.1, -0.05) is 12.1 Å². The zero-order valence-electron chi connectivity index (χ0n) is 13.0. The minimum absolute atomic E-state index is 0.140. The Hall–Kier alpha value is -2.28. The van der Waals surface area contributed by atoms with Gasteiger partial charge < -0.3 is 9.64 Å². The van der Waals surface area contributed by atoms with Gasteiger partial charge in [0.25, 0.3) is 5.24 Å². The van der Waals surface area contributed by atoms with Crippen LogP contribution in [0.3, 0.4) is 0 Å². The van der Waals surface area contributed by atoms with Crippen molar-refractivity contribution in [1.82, 2.24) is 4.98 Å². The van der Waals surface area contributed by atoms with Gasteiger partial charge in [0.1, 0.15) is 6.10 Å². The average molecular weight is 371 g/mol. The molecule has 25 heavy (non-hydrogen) atoms. The number of anilines is 1. The van der Waals surface area contributed by atoms with Crippen LogP contribution >= 0.6 is 11.6 Å². The molecule has 1 aliphatic rings. The third kappa shape index (κ3) is 4.04. The van der Waals surface area contributed by atoms with Crippen LogP contribution in [0.15, 0.2) is 42.6 Å². The highest BCUT2D eigenvalue weighted by molar-refractivity contribution is 6.68. The lowest BCUT2D eigenvalue weighted by atomic mass is 10.2. The molecule has 1 fully saturated rings. The first-order valence-corrected chi connectivity index (χ1v) is 7.96. The van der Waals surface area contributed by atoms with Crippen molar-refractivity contribution in [2.45, 2.75) is 18.7 Å². The van der Waals surface area contributed by atoms with E-state index in [0.29, 0.717) is 30.8 Å². The van der Waals surface area contributed by atoms with Crippen LogP contribution in [-0.4, -0.2) is 29.4 Å². The van der Waals surface area contributed by atoms with E-state index in [4.69, 9.17) is 16.3 Å². The Morgan fingerprint density at radius 1 is 1.24 bits per heavy atom. The summed E-state index contributed by atoms with van der Waals surface area (Å²) in [6.45, 7) is 1.14. The first-order chi connectivity index (χ1) is 11.8. The summed E-state index contributed by atoms with van der Waals surface area (Å²) in [5.41, 5.74) is 0.314. The maximum atomic E-state index is 12.5. The topological polar surface area (TPSA) is 42.4 Å². The lowest BCUT2D eigenvalue weighted by Gasteiger charge is -2.20. The van der Waals surface area contributed by atoms with Gasteiger partial charge in [0.2, 0.25) is 5.88 Å². The van der Waals surface area contributed by atoms with E-state index in [2.05, 4.69) is 4.98 Å². The number of aromatic nitrogens is 1. The van der Waals surface area contributed by atoms with Gasteiger partial charge in [-0.25, -0.2) is 4.98 Å². The van der Waals surface area contributed by atoms with Gasteiger partial charge >= 0.3 is 6.18 Å². The van der Waals surface area contributed by atoms with Gasteiger partial charge in [0.15, 0.2) is 0 Å². The molecule has 0 spiro atoms. The Bertz CT molecular complexity index is 765. The van der Waals surface area contributed by atoms with Crippen molar-refractivity contribution in [3.63, 3.8) is 0 Å². The molecule has 4 nitrogen and oxygen atoms in total. The molecule has 0 saturated carbocycles. The first kappa shape index (κ1) is 17.5. The van der Waals surface area contributed by atoms with Crippen LogP contribution in [0.25, 0.3) is 0 Å². The molecule has 0 unspecified atom stereocenters. The number of hydrogen-bond acceptors (Lipinski definition) is 4. The van der Waals surface area contributed by atoms with Gasteiger partial charge in [-0.15, -0.1) is 0 Å². The fourth-order valence-electron chi connectivity index (χ4n) is 2.75. The van der Waals surface area contributed by atoms with Crippen LogP contribution in [0, 0.1) is 0 Å². The third-order valence-electron chi connectivity index (χ3n) is 3.95. The molecule has 2 aromatic rings. The smallest absolute Gasteiger partial charge is 0.417 e. The van der Waals surface area contributed by atoms with E-state index in [-0.39, 0.29) is 12.0 Å². The van der Waals surface area contributed by atoms with E-state index in [9.17, 15) is 18.0 Å². The predicted molar refractivity (Wildman–Crippen MR) is 87.1 cm³/mol. The number of halogens is 4. The first-order valence-electron chi connectivity index (χ1n) is 7.58.